The zero-order chi connectivity index (χ0) is 13.4. The molecule has 0 aliphatic carbocycles. The molecule has 1 aliphatic heterocycles. The monoisotopic (exact) mass is 302 g/mol. The fourth-order valence-corrected chi connectivity index (χ4v) is 2.66. The van der Waals surface area contributed by atoms with Crippen LogP contribution in [0.15, 0.2) is 41.1 Å². The molecule has 4 rings (SSSR count). The maximum atomic E-state index is 5.41. The van der Waals surface area contributed by atoms with Gasteiger partial charge >= 0.3 is 0 Å². The number of fused-ring (bicyclic) bond motifs is 1. The number of rotatable bonds is 2. The standard InChI is InChI=1S/C15H14N4O.ClH/c1-2-4-12-10(3-1)6-8-17-13(12)14-18-15(20-19-14)11-5-7-16-9-11;/h1-4,6,8,11,16H,5,7,9H2;1H/t11-;/m1./s1. The topological polar surface area (TPSA) is 63.8 Å². The third kappa shape index (κ3) is 2.50. The Hall–Kier alpha value is -1.98. The van der Waals surface area contributed by atoms with Gasteiger partial charge in [-0.25, -0.2) is 0 Å². The summed E-state index contributed by atoms with van der Waals surface area (Å²) in [5, 5.41) is 9.59. The first-order valence-electron chi connectivity index (χ1n) is 6.80. The number of nitrogens with zero attached hydrogens (tertiary/aromatic N) is 3. The second-order valence-corrected chi connectivity index (χ2v) is 5.03. The maximum absolute atomic E-state index is 5.41. The molecule has 0 spiro atoms. The molecular weight excluding hydrogens is 288 g/mol. The van der Waals surface area contributed by atoms with Crippen molar-refractivity contribution >= 4 is 23.2 Å². The Balaban J connectivity index is 0.00000132. The zero-order valence-electron chi connectivity index (χ0n) is 11.3. The molecule has 1 aromatic carbocycles. The minimum atomic E-state index is 0. The van der Waals surface area contributed by atoms with E-state index in [0.717, 1.165) is 36.0 Å². The Morgan fingerprint density at radius 2 is 2.10 bits per heavy atom. The van der Waals surface area contributed by atoms with E-state index in [2.05, 4.69) is 26.5 Å². The number of aromatic nitrogens is 3. The Morgan fingerprint density at radius 1 is 1.19 bits per heavy atom. The lowest BCUT2D eigenvalue weighted by atomic mass is 10.1. The van der Waals surface area contributed by atoms with Crippen molar-refractivity contribution in [3.05, 3.63) is 42.4 Å². The lowest BCUT2D eigenvalue weighted by Crippen LogP contribution is -2.08. The molecule has 1 aliphatic rings. The molecule has 3 aromatic rings. The lowest BCUT2D eigenvalue weighted by Gasteiger charge is -2.01. The summed E-state index contributed by atoms with van der Waals surface area (Å²) >= 11 is 0. The van der Waals surface area contributed by atoms with Gasteiger partial charge in [0.25, 0.3) is 0 Å². The SMILES string of the molecule is Cl.c1ccc2c(-c3noc([C@@H]4CCNC4)n3)nccc2c1. The molecular formula is C15H15ClN4O. The first kappa shape index (κ1) is 14.0. The van der Waals surface area contributed by atoms with Gasteiger partial charge in [0, 0.05) is 18.1 Å². The first-order chi connectivity index (χ1) is 9.92. The highest BCUT2D eigenvalue weighted by Gasteiger charge is 2.23. The van der Waals surface area contributed by atoms with Crippen LogP contribution in [0.1, 0.15) is 18.2 Å². The molecule has 5 nitrogen and oxygen atoms in total. The maximum Gasteiger partial charge on any atom is 0.231 e. The second kappa shape index (κ2) is 5.79. The molecule has 0 bridgehead atoms. The van der Waals surface area contributed by atoms with Crippen molar-refractivity contribution in [2.24, 2.45) is 0 Å². The number of halogens is 1. The number of benzene rings is 1. The van der Waals surface area contributed by atoms with E-state index in [4.69, 9.17) is 4.52 Å². The highest BCUT2D eigenvalue weighted by atomic mass is 35.5. The van der Waals surface area contributed by atoms with Crippen LogP contribution >= 0.6 is 12.4 Å². The molecule has 1 saturated heterocycles. The van der Waals surface area contributed by atoms with Crippen molar-refractivity contribution in [1.29, 1.82) is 0 Å². The van der Waals surface area contributed by atoms with Gasteiger partial charge in [-0.15, -0.1) is 12.4 Å². The van der Waals surface area contributed by atoms with E-state index in [9.17, 15) is 0 Å². The molecule has 6 heteroatoms. The third-order valence-corrected chi connectivity index (χ3v) is 3.74. The summed E-state index contributed by atoms with van der Waals surface area (Å²) in [6.45, 7) is 1.92. The van der Waals surface area contributed by atoms with Crippen molar-refractivity contribution in [3.63, 3.8) is 0 Å². The second-order valence-electron chi connectivity index (χ2n) is 5.03. The molecule has 3 heterocycles. The first-order valence-corrected chi connectivity index (χ1v) is 6.80. The average Bonchev–Trinajstić information content (AvgIpc) is 3.17. The van der Waals surface area contributed by atoms with Gasteiger partial charge in [-0.05, 0) is 24.4 Å². The molecule has 108 valence electrons. The molecule has 0 unspecified atom stereocenters. The van der Waals surface area contributed by atoms with Crippen LogP contribution in [0.2, 0.25) is 0 Å². The Morgan fingerprint density at radius 3 is 2.95 bits per heavy atom. The number of hydrogen-bond donors (Lipinski definition) is 1. The highest BCUT2D eigenvalue weighted by molar-refractivity contribution is 5.92. The van der Waals surface area contributed by atoms with E-state index in [-0.39, 0.29) is 12.4 Å². The quantitative estimate of drug-likeness (QED) is 0.788. The van der Waals surface area contributed by atoms with Crippen LogP contribution in [-0.4, -0.2) is 28.2 Å². The lowest BCUT2D eigenvalue weighted by molar-refractivity contribution is 0.359. The average molecular weight is 303 g/mol. The largest absolute Gasteiger partial charge is 0.339 e. The van der Waals surface area contributed by atoms with E-state index < -0.39 is 0 Å². The van der Waals surface area contributed by atoms with E-state index in [0.29, 0.717) is 17.6 Å². The van der Waals surface area contributed by atoms with Crippen LogP contribution in [0, 0.1) is 0 Å². The third-order valence-electron chi connectivity index (χ3n) is 3.74. The van der Waals surface area contributed by atoms with E-state index >= 15 is 0 Å². The van der Waals surface area contributed by atoms with Crippen molar-refractivity contribution in [3.8, 4) is 11.5 Å². The fourth-order valence-electron chi connectivity index (χ4n) is 2.66. The van der Waals surface area contributed by atoms with Gasteiger partial charge in [-0.3, -0.25) is 4.98 Å². The summed E-state index contributed by atoms with van der Waals surface area (Å²) in [7, 11) is 0. The molecule has 2 aromatic heterocycles. The Labute approximate surface area is 128 Å². The van der Waals surface area contributed by atoms with Gasteiger partial charge in [0.05, 0.1) is 5.92 Å². The van der Waals surface area contributed by atoms with Crippen molar-refractivity contribution < 1.29 is 4.52 Å². The van der Waals surface area contributed by atoms with Gasteiger partial charge in [0.15, 0.2) is 0 Å². The molecule has 0 saturated carbocycles. The molecule has 1 fully saturated rings. The summed E-state index contributed by atoms with van der Waals surface area (Å²) in [4.78, 5) is 8.95. The summed E-state index contributed by atoms with van der Waals surface area (Å²) in [5.41, 5.74) is 0.782. The Kier molecular flexibility index (Phi) is 3.86. The van der Waals surface area contributed by atoms with E-state index in [1.807, 2.05) is 24.3 Å². The van der Waals surface area contributed by atoms with Crippen molar-refractivity contribution in [2.75, 3.05) is 13.1 Å². The van der Waals surface area contributed by atoms with Gasteiger partial charge in [-0.1, -0.05) is 29.4 Å². The van der Waals surface area contributed by atoms with Gasteiger partial charge in [0.2, 0.25) is 11.7 Å². The molecule has 0 radical (unpaired) electrons. The van der Waals surface area contributed by atoms with Crippen LogP contribution in [0.3, 0.4) is 0 Å². The summed E-state index contributed by atoms with van der Waals surface area (Å²) in [6, 6.07) is 10.1. The highest BCUT2D eigenvalue weighted by Crippen LogP contribution is 2.27. The van der Waals surface area contributed by atoms with E-state index in [1.165, 1.54) is 0 Å². The summed E-state index contributed by atoms with van der Waals surface area (Å²) in [6.07, 6.45) is 2.83. The van der Waals surface area contributed by atoms with Crippen LogP contribution in [0.25, 0.3) is 22.3 Å². The van der Waals surface area contributed by atoms with Crippen LogP contribution < -0.4 is 5.32 Å². The van der Waals surface area contributed by atoms with Crippen molar-refractivity contribution in [1.82, 2.24) is 20.4 Å². The molecule has 1 atom stereocenters. The minimum absolute atomic E-state index is 0. The number of hydrogen-bond acceptors (Lipinski definition) is 5. The number of nitrogens with one attached hydrogen (secondary N) is 1. The van der Waals surface area contributed by atoms with E-state index in [1.54, 1.807) is 6.20 Å². The molecule has 1 N–H and O–H groups in total. The van der Waals surface area contributed by atoms with Crippen LogP contribution in [0.5, 0.6) is 0 Å². The van der Waals surface area contributed by atoms with Gasteiger partial charge in [0.1, 0.15) is 5.69 Å². The van der Waals surface area contributed by atoms with Gasteiger partial charge in [-0.2, -0.15) is 4.98 Å². The van der Waals surface area contributed by atoms with Gasteiger partial charge < -0.3 is 9.84 Å². The normalized spacial score (nSPS) is 17.8. The zero-order valence-corrected chi connectivity index (χ0v) is 12.1. The smallest absolute Gasteiger partial charge is 0.231 e. The molecule has 0 amide bonds. The van der Waals surface area contributed by atoms with Crippen LogP contribution in [-0.2, 0) is 0 Å². The van der Waals surface area contributed by atoms with Crippen molar-refractivity contribution in [2.45, 2.75) is 12.3 Å². The predicted molar refractivity (Wildman–Crippen MR) is 82.5 cm³/mol. The summed E-state index contributed by atoms with van der Waals surface area (Å²) < 4.78 is 5.41. The number of pyridine rings is 1. The fraction of sp³-hybridized carbons (Fsp3) is 0.267. The predicted octanol–water partition coefficient (Wildman–Crippen LogP) is 2.78. The molecule has 21 heavy (non-hydrogen) atoms. The summed E-state index contributed by atoms with van der Waals surface area (Å²) in [5.74, 6) is 1.61. The van der Waals surface area contributed by atoms with Crippen LogP contribution in [0.4, 0.5) is 0 Å². The Bertz CT molecular complexity index is 747. The minimum Gasteiger partial charge on any atom is -0.339 e.